The number of nitrogens with zero attached hydrogens (tertiary/aromatic N) is 2. The summed E-state index contributed by atoms with van der Waals surface area (Å²) in [6.07, 6.45) is 0. The van der Waals surface area contributed by atoms with Gasteiger partial charge in [-0.25, -0.2) is 4.79 Å². The number of nitrogens with two attached hydrogens (primary N) is 1. The monoisotopic (exact) mass is 354 g/mol. The second kappa shape index (κ2) is 7.19. The number of hydrogen-bond acceptors (Lipinski definition) is 7. The van der Waals surface area contributed by atoms with Gasteiger partial charge in [0.05, 0.1) is 12.5 Å². The van der Waals surface area contributed by atoms with Crippen molar-refractivity contribution in [3.8, 4) is 17.7 Å². The molecule has 26 heavy (non-hydrogen) atoms. The van der Waals surface area contributed by atoms with Crippen LogP contribution in [0.5, 0.6) is 11.6 Å². The summed E-state index contributed by atoms with van der Waals surface area (Å²) in [4.78, 5) is 11.6. The number of nitriles is 1. The van der Waals surface area contributed by atoms with Crippen LogP contribution in [0.1, 0.15) is 29.7 Å². The number of rotatable bonds is 5. The average Bonchev–Trinajstić information content (AvgIpc) is 3.00. The number of hydrogen-bond donors (Lipinski definition) is 2. The van der Waals surface area contributed by atoms with E-state index in [0.29, 0.717) is 22.8 Å². The molecule has 3 N–H and O–H groups in total. The van der Waals surface area contributed by atoms with Gasteiger partial charge < -0.3 is 19.9 Å². The molecule has 1 unspecified atom stereocenters. The molecule has 134 valence electrons. The van der Waals surface area contributed by atoms with Crippen LogP contribution in [0.4, 0.5) is 0 Å². The molecule has 0 amide bonds. The van der Waals surface area contributed by atoms with E-state index < -0.39 is 11.9 Å². The van der Waals surface area contributed by atoms with E-state index in [2.05, 4.69) is 16.3 Å². The predicted octanol–water partition coefficient (Wildman–Crippen LogP) is 1.88. The summed E-state index contributed by atoms with van der Waals surface area (Å²) < 4.78 is 16.0. The molecular weight excluding hydrogens is 336 g/mol. The molecule has 0 bridgehead atoms. The second-order valence-electron chi connectivity index (χ2n) is 5.62. The SMILES string of the molecule is CCOC(=O)COc1ccccc1C1C(C#N)=C(N)Oc2n[nH]c(C)c21. The molecule has 8 nitrogen and oxygen atoms in total. The fourth-order valence-corrected chi connectivity index (χ4v) is 2.90. The Morgan fingerprint density at radius 1 is 1.46 bits per heavy atom. The van der Waals surface area contributed by atoms with E-state index in [1.54, 1.807) is 19.1 Å². The van der Waals surface area contributed by atoms with Gasteiger partial charge in [0.1, 0.15) is 17.4 Å². The summed E-state index contributed by atoms with van der Waals surface area (Å²) in [5.74, 6) is -0.202. The van der Waals surface area contributed by atoms with Gasteiger partial charge in [0.25, 0.3) is 0 Å². The molecule has 1 aliphatic rings. The van der Waals surface area contributed by atoms with E-state index in [-0.39, 0.29) is 24.7 Å². The van der Waals surface area contributed by atoms with Crippen LogP contribution in [0.2, 0.25) is 0 Å². The smallest absolute Gasteiger partial charge is 0.344 e. The number of ether oxygens (including phenoxy) is 3. The number of allylic oxidation sites excluding steroid dienone is 1. The van der Waals surface area contributed by atoms with Crippen molar-refractivity contribution in [2.75, 3.05) is 13.2 Å². The highest BCUT2D eigenvalue weighted by Gasteiger charge is 2.35. The zero-order valence-electron chi connectivity index (χ0n) is 14.4. The van der Waals surface area contributed by atoms with Gasteiger partial charge >= 0.3 is 5.97 Å². The molecule has 1 aliphatic heterocycles. The first kappa shape index (κ1) is 17.4. The highest BCUT2D eigenvalue weighted by atomic mass is 16.6. The minimum atomic E-state index is -0.513. The first-order chi connectivity index (χ1) is 12.6. The maximum absolute atomic E-state index is 11.6. The van der Waals surface area contributed by atoms with Gasteiger partial charge in [0.15, 0.2) is 6.61 Å². The highest BCUT2D eigenvalue weighted by molar-refractivity contribution is 5.71. The first-order valence-electron chi connectivity index (χ1n) is 8.06. The summed E-state index contributed by atoms with van der Waals surface area (Å²) in [6.45, 7) is 3.61. The average molecular weight is 354 g/mol. The minimum absolute atomic E-state index is 0.00306. The summed E-state index contributed by atoms with van der Waals surface area (Å²) in [7, 11) is 0. The number of aryl methyl sites for hydroxylation is 1. The van der Waals surface area contributed by atoms with Crippen LogP contribution >= 0.6 is 0 Å². The zero-order valence-corrected chi connectivity index (χ0v) is 14.4. The van der Waals surface area contributed by atoms with Gasteiger partial charge in [0.2, 0.25) is 11.8 Å². The molecule has 3 rings (SSSR count). The van der Waals surface area contributed by atoms with Gasteiger partial charge in [-0.15, -0.1) is 5.10 Å². The number of fused-ring (bicyclic) bond motifs is 1. The summed E-state index contributed by atoms with van der Waals surface area (Å²) in [5, 5.41) is 16.6. The lowest BCUT2D eigenvalue weighted by molar-refractivity contribution is -0.145. The molecule has 1 aromatic heterocycles. The Morgan fingerprint density at radius 2 is 2.23 bits per heavy atom. The molecule has 0 fully saturated rings. The van der Waals surface area contributed by atoms with Gasteiger partial charge in [-0.3, -0.25) is 5.10 Å². The van der Waals surface area contributed by atoms with Crippen LogP contribution in [0.3, 0.4) is 0 Å². The van der Waals surface area contributed by atoms with E-state index in [0.717, 1.165) is 5.69 Å². The van der Waals surface area contributed by atoms with Crippen LogP contribution in [-0.2, 0) is 9.53 Å². The van der Waals surface area contributed by atoms with Crippen molar-refractivity contribution < 1.29 is 19.0 Å². The number of carbonyl (C=O) groups excluding carboxylic acids is 1. The van der Waals surface area contributed by atoms with E-state index in [1.165, 1.54) is 0 Å². The Balaban J connectivity index is 2.04. The second-order valence-corrected chi connectivity index (χ2v) is 5.62. The molecule has 1 atom stereocenters. The van der Waals surface area contributed by atoms with Crippen molar-refractivity contribution in [1.29, 1.82) is 5.26 Å². The Bertz CT molecular complexity index is 910. The van der Waals surface area contributed by atoms with E-state index in [4.69, 9.17) is 19.9 Å². The van der Waals surface area contributed by atoms with Crippen molar-refractivity contribution in [2.45, 2.75) is 19.8 Å². The minimum Gasteiger partial charge on any atom is -0.482 e. The largest absolute Gasteiger partial charge is 0.482 e. The number of benzene rings is 1. The molecule has 0 radical (unpaired) electrons. The third-order valence-electron chi connectivity index (χ3n) is 4.01. The maximum atomic E-state index is 11.6. The molecule has 1 aromatic carbocycles. The third-order valence-corrected chi connectivity index (χ3v) is 4.01. The standard InChI is InChI=1S/C18H18N4O4/c1-3-24-14(23)9-25-13-7-5-4-6-11(13)16-12(8-19)17(20)26-18-15(16)10(2)21-22-18/h4-7,16H,3,9,20H2,1-2H3,(H,21,22). The number of aromatic nitrogens is 2. The van der Waals surface area contributed by atoms with Crippen LogP contribution in [-0.4, -0.2) is 29.4 Å². The van der Waals surface area contributed by atoms with E-state index >= 15 is 0 Å². The number of nitrogens with one attached hydrogen (secondary N) is 1. The van der Waals surface area contributed by atoms with Gasteiger partial charge in [0, 0.05) is 16.8 Å². The molecular formula is C18H18N4O4. The number of esters is 1. The molecule has 0 saturated carbocycles. The summed E-state index contributed by atoms with van der Waals surface area (Å²) >= 11 is 0. The zero-order chi connectivity index (χ0) is 18.7. The van der Waals surface area contributed by atoms with Gasteiger partial charge in [-0.05, 0) is 19.9 Å². The van der Waals surface area contributed by atoms with Crippen LogP contribution in [0, 0.1) is 18.3 Å². The Labute approximate surface area is 150 Å². The van der Waals surface area contributed by atoms with Crippen LogP contribution in [0.15, 0.2) is 35.7 Å². The quantitative estimate of drug-likeness (QED) is 0.786. The predicted molar refractivity (Wildman–Crippen MR) is 91.2 cm³/mol. The number of carbonyl (C=O) groups is 1. The van der Waals surface area contributed by atoms with Gasteiger partial charge in [-0.2, -0.15) is 5.26 Å². The Kier molecular flexibility index (Phi) is 4.80. The van der Waals surface area contributed by atoms with Crippen molar-refractivity contribution in [3.05, 3.63) is 52.5 Å². The fraction of sp³-hybridized carbons (Fsp3) is 0.278. The maximum Gasteiger partial charge on any atom is 0.344 e. The Morgan fingerprint density at radius 3 is 2.96 bits per heavy atom. The summed E-state index contributed by atoms with van der Waals surface area (Å²) in [5.41, 5.74) is 8.33. The van der Waals surface area contributed by atoms with Gasteiger partial charge in [-0.1, -0.05) is 18.2 Å². The summed E-state index contributed by atoms with van der Waals surface area (Å²) in [6, 6.07) is 9.26. The van der Waals surface area contributed by atoms with Crippen LogP contribution < -0.4 is 15.2 Å². The topological polar surface area (TPSA) is 123 Å². The molecule has 0 spiro atoms. The molecule has 2 heterocycles. The lowest BCUT2D eigenvalue weighted by atomic mass is 9.83. The number of para-hydroxylation sites is 1. The number of H-pyrrole nitrogens is 1. The van der Waals surface area contributed by atoms with E-state index in [1.807, 2.05) is 19.1 Å². The van der Waals surface area contributed by atoms with E-state index in [9.17, 15) is 10.1 Å². The van der Waals surface area contributed by atoms with Crippen LogP contribution in [0.25, 0.3) is 0 Å². The first-order valence-corrected chi connectivity index (χ1v) is 8.06. The fourth-order valence-electron chi connectivity index (χ4n) is 2.90. The highest BCUT2D eigenvalue weighted by Crippen LogP contribution is 2.45. The third kappa shape index (κ3) is 3.07. The van der Waals surface area contributed by atoms with Crippen molar-refractivity contribution in [2.24, 2.45) is 5.73 Å². The molecule has 0 saturated heterocycles. The van der Waals surface area contributed by atoms with Crippen molar-refractivity contribution in [1.82, 2.24) is 10.2 Å². The van der Waals surface area contributed by atoms with Crippen molar-refractivity contribution >= 4 is 5.97 Å². The molecule has 8 heteroatoms. The lowest BCUT2D eigenvalue weighted by Gasteiger charge is -2.25. The molecule has 2 aromatic rings. The number of aromatic amines is 1. The van der Waals surface area contributed by atoms with Crippen molar-refractivity contribution in [3.63, 3.8) is 0 Å². The lowest BCUT2D eigenvalue weighted by Crippen LogP contribution is -2.22. The normalized spacial score (nSPS) is 15.7. The Hall–Kier alpha value is -3.47. The molecule has 0 aliphatic carbocycles.